The molecule has 0 rings (SSSR count). The van der Waals surface area contributed by atoms with Crippen LogP contribution in [0.4, 0.5) is 0 Å². The molecular formula is C3H10NOSSi-. The van der Waals surface area contributed by atoms with E-state index in [9.17, 15) is 4.21 Å². The highest BCUT2D eigenvalue weighted by molar-refractivity contribution is 7.56. The van der Waals surface area contributed by atoms with E-state index in [-0.39, 0.29) is 11.5 Å². The maximum absolute atomic E-state index is 9.79. The van der Waals surface area contributed by atoms with Gasteiger partial charge in [-0.25, -0.2) is 11.5 Å². The summed E-state index contributed by atoms with van der Waals surface area (Å²) in [4.78, 5) is 0. The van der Waals surface area contributed by atoms with Crippen LogP contribution in [0.2, 0.25) is 19.6 Å². The van der Waals surface area contributed by atoms with Crippen molar-refractivity contribution in [3.63, 3.8) is 0 Å². The first-order chi connectivity index (χ1) is 3.06. The lowest BCUT2D eigenvalue weighted by molar-refractivity contribution is 0.609. The number of nitrogens with zero attached hydrogens (tertiary/aromatic N) is 1. The van der Waals surface area contributed by atoms with Crippen LogP contribution < -0.4 is 0 Å². The van der Waals surface area contributed by atoms with Crippen LogP contribution in [0.1, 0.15) is 0 Å². The molecule has 0 saturated carbocycles. The topological polar surface area (TPSA) is 29.4 Å². The molecule has 0 bridgehead atoms. The first-order valence-corrected chi connectivity index (χ1v) is 6.32. The highest BCUT2D eigenvalue weighted by Crippen LogP contribution is 1.98. The predicted molar refractivity (Wildman–Crippen MR) is 35.2 cm³/mol. The molecule has 0 atom stereocenters. The Labute approximate surface area is 48.3 Å². The summed E-state index contributed by atoms with van der Waals surface area (Å²) in [6.45, 7) is 6.12. The molecule has 0 saturated heterocycles. The summed E-state index contributed by atoms with van der Waals surface area (Å²) in [6, 6.07) is 0. The molecular weight excluding hydrogens is 126 g/mol. The third kappa shape index (κ3) is 6.17. The molecule has 0 aromatic rings. The number of hydrogen-bond acceptors (Lipinski definition) is 3. The standard InChI is InChI=1S/C3H10NOSSi/c1-7(2,3)4-6-5/h6H,1-3H3/q-1. The Morgan fingerprint density at radius 2 is 1.86 bits per heavy atom. The van der Waals surface area contributed by atoms with Crippen LogP contribution in [-0.2, 0) is 15.7 Å². The highest BCUT2D eigenvalue weighted by atomic mass is 32.1. The van der Waals surface area contributed by atoms with Crippen molar-refractivity contribution in [3.8, 4) is 0 Å². The Morgan fingerprint density at radius 3 is 1.86 bits per heavy atom. The van der Waals surface area contributed by atoms with E-state index in [1.54, 1.807) is 0 Å². The maximum atomic E-state index is 9.79. The Balaban J connectivity index is 3.80. The van der Waals surface area contributed by atoms with Crippen LogP contribution >= 0.6 is 0 Å². The molecule has 0 unspecified atom stereocenters. The van der Waals surface area contributed by atoms with Crippen LogP contribution in [0.5, 0.6) is 0 Å². The van der Waals surface area contributed by atoms with Crippen LogP contribution in [0, 0.1) is 0 Å². The van der Waals surface area contributed by atoms with Crippen molar-refractivity contribution in [1.29, 1.82) is 0 Å². The second kappa shape index (κ2) is 2.47. The first kappa shape index (κ1) is 7.17. The molecule has 0 aliphatic heterocycles. The lowest BCUT2D eigenvalue weighted by Gasteiger charge is -2.08. The van der Waals surface area contributed by atoms with Gasteiger partial charge in [-0.1, -0.05) is 19.6 Å². The molecule has 0 N–H and O–H groups in total. The average molecular weight is 136 g/mol. The van der Waals surface area contributed by atoms with E-state index in [0.717, 1.165) is 0 Å². The summed E-state index contributed by atoms with van der Waals surface area (Å²) in [5, 5.41) is 0. The second-order valence-electron chi connectivity index (χ2n) is 2.35. The minimum absolute atomic E-state index is 0.0544. The SMILES string of the molecule is C[Si](C)(C)N=[SH-]=O. The Hall–Kier alpha value is 0.167. The fraction of sp³-hybridized carbons (Fsp3) is 1.00. The van der Waals surface area contributed by atoms with Crippen molar-refractivity contribution in [2.75, 3.05) is 0 Å². The summed E-state index contributed by atoms with van der Waals surface area (Å²) in [5.41, 5.74) is 0. The smallest absolute Gasteiger partial charge is 0.140 e. The monoisotopic (exact) mass is 136 g/mol. The fourth-order valence-electron chi connectivity index (χ4n) is 0.122. The normalized spacial score (nSPS) is 11.3. The quantitative estimate of drug-likeness (QED) is 0.302. The van der Waals surface area contributed by atoms with E-state index in [0.29, 0.717) is 0 Å². The molecule has 0 aromatic heterocycles. The zero-order chi connectivity index (χ0) is 5.91. The largest absolute Gasteiger partial charge is 0.448 e. The van der Waals surface area contributed by atoms with Gasteiger partial charge in [-0.05, 0) is 0 Å². The molecule has 0 radical (unpaired) electrons. The molecule has 0 fully saturated rings. The van der Waals surface area contributed by atoms with E-state index >= 15 is 0 Å². The van der Waals surface area contributed by atoms with E-state index in [1.165, 1.54) is 0 Å². The molecule has 0 aliphatic rings. The van der Waals surface area contributed by atoms with Gasteiger partial charge in [0.15, 0.2) is 0 Å². The summed E-state index contributed by atoms with van der Waals surface area (Å²) in [6.07, 6.45) is 0. The van der Waals surface area contributed by atoms with Gasteiger partial charge in [0.05, 0.1) is 0 Å². The number of hydrogen-bond donors (Lipinski definition) is 0. The zero-order valence-electron chi connectivity index (χ0n) is 4.80. The zero-order valence-corrected chi connectivity index (χ0v) is 6.70. The summed E-state index contributed by atoms with van der Waals surface area (Å²) in [7, 11) is -1.36. The minimum atomic E-state index is -1.36. The van der Waals surface area contributed by atoms with Crippen LogP contribution in [0.15, 0.2) is 4.03 Å². The molecule has 0 amide bonds. The molecule has 0 aliphatic carbocycles. The van der Waals surface area contributed by atoms with Crippen molar-refractivity contribution < 1.29 is 4.21 Å². The average Bonchev–Trinajstić information content (AvgIpc) is 1.30. The lowest BCUT2D eigenvalue weighted by Crippen LogP contribution is -2.14. The Kier molecular flexibility index (Phi) is 2.53. The van der Waals surface area contributed by atoms with E-state index in [2.05, 4.69) is 4.03 Å². The molecule has 44 valence electrons. The Morgan fingerprint density at radius 1 is 1.43 bits per heavy atom. The third-order valence-corrected chi connectivity index (χ3v) is 3.07. The summed E-state index contributed by atoms with van der Waals surface area (Å²) in [5.74, 6) is 0. The van der Waals surface area contributed by atoms with Gasteiger partial charge >= 0.3 is 0 Å². The highest BCUT2D eigenvalue weighted by Gasteiger charge is 2.03. The van der Waals surface area contributed by atoms with E-state index in [1.807, 2.05) is 19.6 Å². The predicted octanol–water partition coefficient (Wildman–Crippen LogP) is 1.17. The molecule has 0 spiro atoms. The first-order valence-electron chi connectivity index (χ1n) is 2.11. The lowest BCUT2D eigenvalue weighted by atomic mass is 11.8. The van der Waals surface area contributed by atoms with Gasteiger partial charge in [0, 0.05) is 0 Å². The van der Waals surface area contributed by atoms with Crippen molar-refractivity contribution in [1.82, 2.24) is 0 Å². The number of rotatable bonds is 1. The number of thiol groups is 1. The van der Waals surface area contributed by atoms with Gasteiger partial charge in [0.2, 0.25) is 0 Å². The van der Waals surface area contributed by atoms with Gasteiger partial charge in [-0.15, -0.1) is 0 Å². The van der Waals surface area contributed by atoms with Gasteiger partial charge in [-0.3, -0.25) is 0 Å². The molecule has 2 nitrogen and oxygen atoms in total. The fourth-order valence-corrected chi connectivity index (χ4v) is 1.10. The van der Waals surface area contributed by atoms with Crippen LogP contribution in [0.25, 0.3) is 0 Å². The molecule has 0 aromatic carbocycles. The van der Waals surface area contributed by atoms with Crippen molar-refractivity contribution >= 4 is 19.7 Å². The van der Waals surface area contributed by atoms with E-state index < -0.39 is 8.24 Å². The van der Waals surface area contributed by atoms with Crippen molar-refractivity contribution in [3.05, 3.63) is 0 Å². The summed E-state index contributed by atoms with van der Waals surface area (Å²) < 4.78 is 13.6. The van der Waals surface area contributed by atoms with Gasteiger partial charge < -0.3 is 8.24 Å². The Bertz CT molecular complexity index is 102. The minimum Gasteiger partial charge on any atom is -0.448 e. The molecule has 7 heavy (non-hydrogen) atoms. The van der Waals surface area contributed by atoms with Gasteiger partial charge in [0.25, 0.3) is 0 Å². The van der Waals surface area contributed by atoms with E-state index in [4.69, 9.17) is 0 Å². The third-order valence-electron chi connectivity index (χ3n) is 0.341. The maximum Gasteiger partial charge on any atom is 0.140 e. The summed E-state index contributed by atoms with van der Waals surface area (Å²) >= 11 is -0.0544. The van der Waals surface area contributed by atoms with Gasteiger partial charge in [0.1, 0.15) is 8.24 Å². The second-order valence-corrected chi connectivity index (χ2v) is 7.66. The molecule has 0 heterocycles. The van der Waals surface area contributed by atoms with Crippen molar-refractivity contribution in [2.24, 2.45) is 4.03 Å². The van der Waals surface area contributed by atoms with Gasteiger partial charge in [-0.2, -0.15) is 0 Å². The van der Waals surface area contributed by atoms with Crippen molar-refractivity contribution in [2.45, 2.75) is 19.6 Å². The molecule has 4 heteroatoms. The van der Waals surface area contributed by atoms with Crippen LogP contribution in [0.3, 0.4) is 0 Å². The van der Waals surface area contributed by atoms with Crippen LogP contribution in [-0.4, -0.2) is 8.24 Å².